The number of amides is 1. The minimum atomic E-state index is -0.303. The topological polar surface area (TPSA) is 68.3 Å². The Morgan fingerprint density at radius 2 is 2.14 bits per heavy atom. The summed E-state index contributed by atoms with van der Waals surface area (Å²) in [7, 11) is 0. The number of rotatable bonds is 8. The largest absolute Gasteiger partial charge is 0.466 e. The van der Waals surface area contributed by atoms with Crippen LogP contribution >= 0.6 is 11.6 Å². The van der Waals surface area contributed by atoms with Gasteiger partial charge >= 0.3 is 5.97 Å². The third kappa shape index (κ3) is 4.70. The molecule has 0 radical (unpaired) electrons. The lowest BCUT2D eigenvalue weighted by Gasteiger charge is -2.30. The number of carbonyl (C=O) groups excluding carboxylic acids is 2. The summed E-state index contributed by atoms with van der Waals surface area (Å²) in [5.41, 5.74) is 0.430. The van der Waals surface area contributed by atoms with E-state index in [0.717, 1.165) is 25.9 Å². The summed E-state index contributed by atoms with van der Waals surface area (Å²) in [6, 6.07) is 3.54. The molecule has 8 heteroatoms. The predicted molar refractivity (Wildman–Crippen MR) is 105 cm³/mol. The third-order valence-electron chi connectivity index (χ3n) is 5.19. The molecule has 3 rings (SSSR count). The average molecular weight is 411 g/mol. The number of esters is 1. The van der Waals surface area contributed by atoms with Crippen molar-refractivity contribution < 1.29 is 23.8 Å². The van der Waals surface area contributed by atoms with E-state index >= 15 is 0 Å². The number of hydrogen-bond acceptors (Lipinski definition) is 6. The molecule has 1 fully saturated rings. The molecule has 1 amide bonds. The molecule has 2 aliphatic rings. The number of fused-ring (bicyclic) bond motifs is 1. The van der Waals surface area contributed by atoms with Crippen molar-refractivity contribution in [1.29, 1.82) is 0 Å². The molecule has 154 valence electrons. The molecule has 0 aliphatic carbocycles. The van der Waals surface area contributed by atoms with Gasteiger partial charge in [0, 0.05) is 24.7 Å². The molecule has 0 N–H and O–H groups in total. The summed E-state index contributed by atoms with van der Waals surface area (Å²) < 4.78 is 15.7. The quantitative estimate of drug-likeness (QED) is 0.614. The lowest BCUT2D eigenvalue weighted by molar-refractivity contribution is -0.143. The van der Waals surface area contributed by atoms with Gasteiger partial charge in [0.2, 0.25) is 6.79 Å². The Kier molecular flexibility index (Phi) is 7.02. The van der Waals surface area contributed by atoms with Crippen molar-refractivity contribution in [1.82, 2.24) is 9.80 Å². The van der Waals surface area contributed by atoms with Gasteiger partial charge in [-0.2, -0.15) is 0 Å². The van der Waals surface area contributed by atoms with Crippen molar-refractivity contribution in [2.45, 2.75) is 39.2 Å². The van der Waals surface area contributed by atoms with Gasteiger partial charge in [0.15, 0.2) is 11.5 Å². The van der Waals surface area contributed by atoms with E-state index in [2.05, 4.69) is 11.8 Å². The van der Waals surface area contributed by atoms with Gasteiger partial charge in [0.1, 0.15) is 0 Å². The smallest absolute Gasteiger partial charge is 0.307 e. The van der Waals surface area contributed by atoms with Gasteiger partial charge in [0.25, 0.3) is 5.91 Å². The highest BCUT2D eigenvalue weighted by atomic mass is 35.5. The number of likely N-dealkylation sites (N-methyl/N-ethyl adjacent to an activating group) is 1. The number of nitrogens with zero attached hydrogens (tertiary/aromatic N) is 2. The molecule has 0 spiro atoms. The molecular weight excluding hydrogens is 384 g/mol. The second-order valence-corrected chi connectivity index (χ2v) is 7.33. The van der Waals surface area contributed by atoms with Crippen LogP contribution in [0, 0.1) is 0 Å². The zero-order valence-corrected chi connectivity index (χ0v) is 17.2. The number of halogens is 1. The zero-order valence-electron chi connectivity index (χ0n) is 16.4. The summed E-state index contributed by atoms with van der Waals surface area (Å²) in [6.07, 6.45) is 2.32. The third-order valence-corrected chi connectivity index (χ3v) is 5.47. The summed E-state index contributed by atoms with van der Waals surface area (Å²) in [6.45, 7) is 7.17. The predicted octanol–water partition coefficient (Wildman–Crippen LogP) is 2.95. The summed E-state index contributed by atoms with van der Waals surface area (Å²) in [5, 5.41) is 0.347. The van der Waals surface area contributed by atoms with Crippen LogP contribution in [0.25, 0.3) is 0 Å². The molecular formula is C20H27ClN2O5. The lowest BCUT2D eigenvalue weighted by atomic mass is 10.1. The fourth-order valence-electron chi connectivity index (χ4n) is 3.78. The highest BCUT2D eigenvalue weighted by Gasteiger charge is 2.29. The summed E-state index contributed by atoms with van der Waals surface area (Å²) in [4.78, 5) is 29.2. The first-order chi connectivity index (χ1) is 13.5. The van der Waals surface area contributed by atoms with Crippen molar-refractivity contribution in [2.75, 3.05) is 39.6 Å². The minimum Gasteiger partial charge on any atom is -0.466 e. The van der Waals surface area contributed by atoms with E-state index in [1.54, 1.807) is 24.0 Å². The number of likely N-dealkylation sites (tertiary alicyclic amines) is 1. The van der Waals surface area contributed by atoms with Crippen molar-refractivity contribution in [3.63, 3.8) is 0 Å². The first-order valence-corrected chi connectivity index (χ1v) is 10.2. The van der Waals surface area contributed by atoms with Crippen LogP contribution < -0.4 is 9.47 Å². The van der Waals surface area contributed by atoms with Gasteiger partial charge in [0.05, 0.1) is 18.1 Å². The normalized spacial score (nSPS) is 18.3. The van der Waals surface area contributed by atoms with Gasteiger partial charge in [-0.1, -0.05) is 18.5 Å². The fraction of sp³-hybridized carbons (Fsp3) is 0.600. The van der Waals surface area contributed by atoms with Crippen LogP contribution in [0.2, 0.25) is 5.02 Å². The van der Waals surface area contributed by atoms with E-state index in [0.29, 0.717) is 47.8 Å². The standard InChI is InChI=1S/C20H27ClN2O5/c1-3-22-8-5-6-15(22)12-23(9-7-18(24)26-4-2)20(25)14-10-16(21)19-17(11-14)27-13-28-19/h10-11,15H,3-9,12-13H2,1-2H3/t15-/m1/s1. The summed E-state index contributed by atoms with van der Waals surface area (Å²) in [5.74, 6) is 0.455. The second-order valence-electron chi connectivity index (χ2n) is 6.92. The van der Waals surface area contributed by atoms with Crippen molar-refractivity contribution in [3.05, 3.63) is 22.7 Å². The molecule has 1 atom stereocenters. The van der Waals surface area contributed by atoms with Crippen LogP contribution in [-0.4, -0.2) is 67.3 Å². The molecule has 2 aliphatic heterocycles. The molecule has 1 aromatic carbocycles. The maximum Gasteiger partial charge on any atom is 0.307 e. The van der Waals surface area contributed by atoms with Crippen LogP contribution in [0.15, 0.2) is 12.1 Å². The second kappa shape index (κ2) is 9.47. The highest BCUT2D eigenvalue weighted by Crippen LogP contribution is 2.40. The van der Waals surface area contributed by atoms with Crippen LogP contribution in [0.5, 0.6) is 11.5 Å². The van der Waals surface area contributed by atoms with E-state index in [9.17, 15) is 9.59 Å². The molecule has 1 saturated heterocycles. The molecule has 0 aromatic heterocycles. The number of hydrogen-bond donors (Lipinski definition) is 0. The van der Waals surface area contributed by atoms with Crippen molar-refractivity contribution in [3.8, 4) is 11.5 Å². The summed E-state index contributed by atoms with van der Waals surface area (Å²) >= 11 is 6.25. The van der Waals surface area contributed by atoms with Gasteiger partial charge in [-0.05, 0) is 45.0 Å². The van der Waals surface area contributed by atoms with Crippen molar-refractivity contribution in [2.24, 2.45) is 0 Å². The Hall–Kier alpha value is -1.99. The van der Waals surface area contributed by atoms with Crippen LogP contribution in [0.3, 0.4) is 0 Å². The first-order valence-electron chi connectivity index (χ1n) is 9.81. The van der Waals surface area contributed by atoms with Gasteiger partial charge in [-0.3, -0.25) is 14.5 Å². The Morgan fingerprint density at radius 1 is 1.32 bits per heavy atom. The molecule has 28 heavy (non-hydrogen) atoms. The first kappa shape index (κ1) is 20.7. The SMILES string of the molecule is CCOC(=O)CCN(C[C@H]1CCCN1CC)C(=O)c1cc(Cl)c2c(c1)OCO2. The Balaban J connectivity index is 1.77. The van der Waals surface area contributed by atoms with E-state index in [4.69, 9.17) is 25.8 Å². The molecule has 2 heterocycles. The van der Waals surface area contributed by atoms with E-state index < -0.39 is 0 Å². The van der Waals surface area contributed by atoms with Gasteiger partial charge in [-0.15, -0.1) is 0 Å². The minimum absolute atomic E-state index is 0.0901. The fourth-order valence-corrected chi connectivity index (χ4v) is 4.05. The molecule has 0 unspecified atom stereocenters. The van der Waals surface area contributed by atoms with Gasteiger partial charge in [-0.25, -0.2) is 0 Å². The number of ether oxygens (including phenoxy) is 3. The molecule has 7 nitrogen and oxygen atoms in total. The van der Waals surface area contributed by atoms with E-state index in [1.807, 2.05) is 0 Å². The van der Waals surface area contributed by atoms with Crippen molar-refractivity contribution >= 4 is 23.5 Å². The lowest BCUT2D eigenvalue weighted by Crippen LogP contribution is -2.44. The van der Waals surface area contributed by atoms with Crippen LogP contribution in [0.4, 0.5) is 0 Å². The number of benzene rings is 1. The molecule has 0 saturated carbocycles. The Bertz CT molecular complexity index is 727. The van der Waals surface area contributed by atoms with E-state index in [1.165, 1.54) is 0 Å². The Morgan fingerprint density at radius 3 is 2.89 bits per heavy atom. The Labute approximate surface area is 170 Å². The molecule has 1 aromatic rings. The average Bonchev–Trinajstić information content (AvgIpc) is 3.33. The van der Waals surface area contributed by atoms with Gasteiger partial charge < -0.3 is 19.1 Å². The van der Waals surface area contributed by atoms with Crippen LogP contribution in [-0.2, 0) is 9.53 Å². The monoisotopic (exact) mass is 410 g/mol. The molecule has 0 bridgehead atoms. The maximum atomic E-state index is 13.3. The zero-order chi connectivity index (χ0) is 20.1. The number of carbonyl (C=O) groups is 2. The van der Waals surface area contributed by atoms with E-state index in [-0.39, 0.29) is 25.1 Å². The highest BCUT2D eigenvalue weighted by molar-refractivity contribution is 6.32. The maximum absolute atomic E-state index is 13.3. The van der Waals surface area contributed by atoms with Crippen LogP contribution in [0.1, 0.15) is 43.5 Å².